The van der Waals surface area contributed by atoms with Crippen LogP contribution in [-0.4, -0.2) is 23.2 Å². The van der Waals surface area contributed by atoms with Gasteiger partial charge in [0.25, 0.3) is 5.69 Å². The number of rotatable bonds is 6. The van der Waals surface area contributed by atoms with Crippen LogP contribution in [0.4, 0.5) is 11.4 Å². The van der Waals surface area contributed by atoms with Crippen molar-refractivity contribution >= 4 is 33.8 Å². The molecule has 7 nitrogen and oxygen atoms in total. The number of nitrogens with one attached hydrogen (secondary N) is 1. The quantitative estimate of drug-likeness (QED) is 0.275. The summed E-state index contributed by atoms with van der Waals surface area (Å²) < 4.78 is 4.91. The highest BCUT2D eigenvalue weighted by atomic mass is 16.6. The lowest BCUT2D eigenvalue weighted by molar-refractivity contribution is -0.384. The van der Waals surface area contributed by atoms with E-state index in [0.29, 0.717) is 0 Å². The number of hydrazone groups is 1. The van der Waals surface area contributed by atoms with Crippen molar-refractivity contribution < 1.29 is 14.5 Å². The van der Waals surface area contributed by atoms with Gasteiger partial charge >= 0.3 is 5.97 Å². The standard InChI is InChI=1S/C23H21N3O4/c1-3-30-23(27)17-10-12-20(21(13-17)26(28)29)25-24-14(2)18-11-9-16-8-7-15-5-4-6-19(18)22(15)16/h4-6,9-13,25H,3,7-8H2,1-2H3/b24-14+. The first-order valence-corrected chi connectivity index (χ1v) is 9.79. The average Bonchev–Trinajstić information content (AvgIpc) is 3.17. The van der Waals surface area contributed by atoms with E-state index < -0.39 is 10.9 Å². The van der Waals surface area contributed by atoms with Gasteiger partial charge in [-0.25, -0.2) is 4.79 Å². The van der Waals surface area contributed by atoms with E-state index in [2.05, 4.69) is 34.8 Å². The number of benzene rings is 3. The molecular weight excluding hydrogens is 382 g/mol. The Morgan fingerprint density at radius 3 is 2.67 bits per heavy atom. The molecule has 0 unspecified atom stereocenters. The second kappa shape index (κ2) is 7.94. The molecule has 152 valence electrons. The van der Waals surface area contributed by atoms with Crippen molar-refractivity contribution in [1.29, 1.82) is 0 Å². The molecule has 30 heavy (non-hydrogen) atoms. The van der Waals surface area contributed by atoms with Crippen molar-refractivity contribution in [3.05, 3.63) is 80.9 Å². The molecule has 0 radical (unpaired) electrons. The number of esters is 1. The van der Waals surface area contributed by atoms with Crippen LogP contribution in [0, 0.1) is 10.1 Å². The molecule has 1 aliphatic carbocycles. The Labute approximate surface area is 173 Å². The topological polar surface area (TPSA) is 93.8 Å². The van der Waals surface area contributed by atoms with E-state index in [1.807, 2.05) is 13.0 Å². The van der Waals surface area contributed by atoms with E-state index >= 15 is 0 Å². The highest BCUT2D eigenvalue weighted by Crippen LogP contribution is 2.33. The number of anilines is 1. The summed E-state index contributed by atoms with van der Waals surface area (Å²) in [5.74, 6) is -0.597. The molecule has 3 aromatic rings. The van der Waals surface area contributed by atoms with Gasteiger partial charge in [-0.05, 0) is 60.7 Å². The van der Waals surface area contributed by atoms with E-state index in [-0.39, 0.29) is 23.5 Å². The molecule has 0 heterocycles. The molecule has 0 fully saturated rings. The first-order valence-electron chi connectivity index (χ1n) is 9.79. The molecule has 0 amide bonds. The van der Waals surface area contributed by atoms with Crippen LogP contribution in [0.25, 0.3) is 10.8 Å². The van der Waals surface area contributed by atoms with E-state index in [1.165, 1.54) is 34.7 Å². The monoisotopic (exact) mass is 403 g/mol. The number of carbonyl (C=O) groups excluding carboxylic acids is 1. The zero-order valence-electron chi connectivity index (χ0n) is 16.8. The fraction of sp³-hybridized carbons (Fsp3) is 0.217. The summed E-state index contributed by atoms with van der Waals surface area (Å²) >= 11 is 0. The van der Waals surface area contributed by atoms with Crippen molar-refractivity contribution in [3.8, 4) is 0 Å². The summed E-state index contributed by atoms with van der Waals surface area (Å²) in [6.45, 7) is 3.75. The second-order valence-electron chi connectivity index (χ2n) is 7.13. The van der Waals surface area contributed by atoms with Crippen molar-refractivity contribution in [2.45, 2.75) is 26.7 Å². The summed E-state index contributed by atoms with van der Waals surface area (Å²) in [6, 6.07) is 14.6. The zero-order valence-corrected chi connectivity index (χ0v) is 16.8. The van der Waals surface area contributed by atoms with E-state index in [4.69, 9.17) is 4.74 Å². The largest absolute Gasteiger partial charge is 0.462 e. The molecule has 0 aliphatic heterocycles. The van der Waals surface area contributed by atoms with Crippen LogP contribution in [0.15, 0.2) is 53.6 Å². The maximum absolute atomic E-state index is 11.9. The first-order chi connectivity index (χ1) is 14.5. The lowest BCUT2D eigenvalue weighted by Gasteiger charge is -2.10. The summed E-state index contributed by atoms with van der Waals surface area (Å²) in [5.41, 5.74) is 7.28. The third-order valence-electron chi connectivity index (χ3n) is 5.32. The van der Waals surface area contributed by atoms with Gasteiger partial charge in [-0.3, -0.25) is 15.5 Å². The number of nitrogens with zero attached hydrogens (tertiary/aromatic N) is 2. The molecule has 0 saturated carbocycles. The number of aryl methyl sites for hydroxylation is 2. The van der Waals surface area contributed by atoms with Crippen LogP contribution in [-0.2, 0) is 17.6 Å². The smallest absolute Gasteiger partial charge is 0.338 e. The van der Waals surface area contributed by atoms with Gasteiger partial charge in [0.2, 0.25) is 0 Å². The predicted molar refractivity (Wildman–Crippen MR) is 116 cm³/mol. The summed E-state index contributed by atoms with van der Waals surface area (Å²) in [7, 11) is 0. The van der Waals surface area contributed by atoms with Gasteiger partial charge < -0.3 is 4.74 Å². The average molecular weight is 403 g/mol. The van der Waals surface area contributed by atoms with Crippen LogP contribution < -0.4 is 5.43 Å². The highest BCUT2D eigenvalue weighted by molar-refractivity contribution is 6.11. The molecule has 0 atom stereocenters. The molecule has 3 aromatic carbocycles. The predicted octanol–water partition coefficient (Wildman–Crippen LogP) is 4.86. The Hall–Kier alpha value is -3.74. The van der Waals surface area contributed by atoms with Crippen molar-refractivity contribution in [3.63, 3.8) is 0 Å². The van der Waals surface area contributed by atoms with Crippen LogP contribution in [0.3, 0.4) is 0 Å². The molecular formula is C23H21N3O4. The third-order valence-corrected chi connectivity index (χ3v) is 5.32. The minimum absolute atomic E-state index is 0.127. The lowest BCUT2D eigenvalue weighted by Crippen LogP contribution is -2.07. The normalized spacial score (nSPS) is 12.8. The number of nitro groups is 1. The molecule has 1 N–H and O–H groups in total. The Morgan fingerprint density at radius 1 is 1.17 bits per heavy atom. The van der Waals surface area contributed by atoms with Crippen LogP contribution in [0.2, 0.25) is 0 Å². The second-order valence-corrected chi connectivity index (χ2v) is 7.13. The van der Waals surface area contributed by atoms with E-state index in [0.717, 1.165) is 29.5 Å². The van der Waals surface area contributed by atoms with Gasteiger partial charge in [0.15, 0.2) is 0 Å². The fourth-order valence-electron chi connectivity index (χ4n) is 3.89. The van der Waals surface area contributed by atoms with Crippen molar-refractivity contribution in [1.82, 2.24) is 0 Å². The van der Waals surface area contributed by atoms with Gasteiger partial charge in [0, 0.05) is 11.6 Å². The molecule has 0 spiro atoms. The summed E-state index contributed by atoms with van der Waals surface area (Å²) in [4.78, 5) is 22.8. The van der Waals surface area contributed by atoms with Crippen molar-refractivity contribution in [2.24, 2.45) is 5.10 Å². The SMILES string of the molecule is CCOC(=O)c1ccc(N/N=C(\C)c2ccc3c4c(cccc24)CC3)c([N+](=O)[O-])c1. The highest BCUT2D eigenvalue weighted by Gasteiger charge is 2.19. The van der Waals surface area contributed by atoms with Gasteiger partial charge in [-0.1, -0.05) is 30.3 Å². The minimum Gasteiger partial charge on any atom is -0.462 e. The molecule has 0 aromatic heterocycles. The van der Waals surface area contributed by atoms with Gasteiger partial charge in [-0.15, -0.1) is 0 Å². The molecule has 1 aliphatic rings. The van der Waals surface area contributed by atoms with Crippen LogP contribution in [0.5, 0.6) is 0 Å². The maximum Gasteiger partial charge on any atom is 0.338 e. The fourth-order valence-corrected chi connectivity index (χ4v) is 3.89. The van der Waals surface area contributed by atoms with Gasteiger partial charge in [0.05, 0.1) is 22.8 Å². The van der Waals surface area contributed by atoms with E-state index in [1.54, 1.807) is 6.92 Å². The zero-order chi connectivity index (χ0) is 21.3. The Morgan fingerprint density at radius 2 is 1.93 bits per heavy atom. The summed E-state index contributed by atoms with van der Waals surface area (Å²) in [5, 5.41) is 18.3. The summed E-state index contributed by atoms with van der Waals surface area (Å²) in [6.07, 6.45) is 2.09. The molecule has 0 saturated heterocycles. The first kappa shape index (κ1) is 19.6. The van der Waals surface area contributed by atoms with Crippen LogP contribution >= 0.6 is 0 Å². The van der Waals surface area contributed by atoms with Gasteiger partial charge in [0.1, 0.15) is 5.69 Å². The molecule has 0 bridgehead atoms. The number of hydrogen-bond donors (Lipinski definition) is 1. The molecule has 7 heteroatoms. The van der Waals surface area contributed by atoms with E-state index in [9.17, 15) is 14.9 Å². The lowest BCUT2D eigenvalue weighted by atomic mass is 9.98. The van der Waals surface area contributed by atoms with Gasteiger partial charge in [-0.2, -0.15) is 5.10 Å². The number of carbonyl (C=O) groups is 1. The Kier molecular flexibility index (Phi) is 5.18. The Bertz CT molecular complexity index is 1190. The minimum atomic E-state index is -0.597. The Balaban J connectivity index is 1.67. The molecule has 4 rings (SSSR count). The maximum atomic E-state index is 11.9. The number of nitro benzene ring substituents is 1. The number of ether oxygens (including phenoxy) is 1. The third kappa shape index (κ3) is 3.50. The van der Waals surface area contributed by atoms with Crippen molar-refractivity contribution in [2.75, 3.05) is 12.0 Å². The van der Waals surface area contributed by atoms with Crippen LogP contribution in [0.1, 0.15) is 40.9 Å². The number of hydrogen-bond acceptors (Lipinski definition) is 6.